The molecule has 1 aromatic carbocycles. The van der Waals surface area contributed by atoms with Gasteiger partial charge in [-0.1, -0.05) is 26.0 Å². The summed E-state index contributed by atoms with van der Waals surface area (Å²) in [6.45, 7) is 5.34. The summed E-state index contributed by atoms with van der Waals surface area (Å²) in [7, 11) is 0. The molecule has 0 aliphatic heterocycles. The van der Waals surface area contributed by atoms with Gasteiger partial charge in [0.05, 0.1) is 6.42 Å². The van der Waals surface area contributed by atoms with Crippen molar-refractivity contribution in [3.05, 3.63) is 29.8 Å². The SMILES string of the molecule is CC(C)CCNc1ccc(CC(=O)O)cc1. The Balaban J connectivity index is 2.42. The Morgan fingerprint density at radius 1 is 1.31 bits per heavy atom. The average molecular weight is 221 g/mol. The minimum Gasteiger partial charge on any atom is -0.481 e. The first kappa shape index (κ1) is 12.6. The molecular weight excluding hydrogens is 202 g/mol. The highest BCUT2D eigenvalue weighted by molar-refractivity contribution is 5.70. The predicted molar refractivity (Wildman–Crippen MR) is 65.7 cm³/mol. The highest BCUT2D eigenvalue weighted by atomic mass is 16.4. The van der Waals surface area contributed by atoms with Gasteiger partial charge in [-0.3, -0.25) is 4.79 Å². The van der Waals surface area contributed by atoms with E-state index in [0.717, 1.165) is 24.2 Å². The Bertz CT molecular complexity index is 330. The summed E-state index contributed by atoms with van der Waals surface area (Å²) in [5.74, 6) is -0.0979. The summed E-state index contributed by atoms with van der Waals surface area (Å²) in [5.41, 5.74) is 1.89. The summed E-state index contributed by atoms with van der Waals surface area (Å²) in [6, 6.07) is 7.56. The van der Waals surface area contributed by atoms with Gasteiger partial charge in [-0.2, -0.15) is 0 Å². The Kier molecular flexibility index (Phi) is 4.83. The fraction of sp³-hybridized carbons (Fsp3) is 0.462. The summed E-state index contributed by atoms with van der Waals surface area (Å²) in [6.07, 6.45) is 1.23. The number of benzene rings is 1. The van der Waals surface area contributed by atoms with E-state index >= 15 is 0 Å². The van der Waals surface area contributed by atoms with E-state index in [1.54, 1.807) is 0 Å². The monoisotopic (exact) mass is 221 g/mol. The molecule has 0 heterocycles. The number of carboxylic acids is 1. The third-order valence-corrected chi connectivity index (χ3v) is 2.36. The quantitative estimate of drug-likeness (QED) is 0.776. The first-order chi connectivity index (χ1) is 7.58. The van der Waals surface area contributed by atoms with Crippen LogP contribution in [0.4, 0.5) is 5.69 Å². The van der Waals surface area contributed by atoms with Gasteiger partial charge in [0.1, 0.15) is 0 Å². The van der Waals surface area contributed by atoms with Gasteiger partial charge in [-0.15, -0.1) is 0 Å². The van der Waals surface area contributed by atoms with Crippen molar-refractivity contribution in [1.29, 1.82) is 0 Å². The van der Waals surface area contributed by atoms with Crippen LogP contribution in [0.25, 0.3) is 0 Å². The Morgan fingerprint density at radius 3 is 2.44 bits per heavy atom. The van der Waals surface area contributed by atoms with Crippen molar-refractivity contribution >= 4 is 11.7 Å². The molecule has 0 unspecified atom stereocenters. The van der Waals surface area contributed by atoms with Gasteiger partial charge in [0.15, 0.2) is 0 Å². The zero-order valence-corrected chi connectivity index (χ0v) is 9.86. The molecule has 0 radical (unpaired) electrons. The Hall–Kier alpha value is -1.51. The fourth-order valence-corrected chi connectivity index (χ4v) is 1.42. The summed E-state index contributed by atoms with van der Waals surface area (Å²) in [5, 5.41) is 11.9. The van der Waals surface area contributed by atoms with Crippen LogP contribution in [0, 0.1) is 5.92 Å². The van der Waals surface area contributed by atoms with Crippen LogP contribution >= 0.6 is 0 Å². The first-order valence-corrected chi connectivity index (χ1v) is 5.62. The maximum absolute atomic E-state index is 10.5. The van der Waals surface area contributed by atoms with Crippen LogP contribution in [-0.2, 0) is 11.2 Å². The molecule has 1 aromatic rings. The molecule has 0 bridgehead atoms. The third kappa shape index (κ3) is 4.82. The Morgan fingerprint density at radius 2 is 1.94 bits per heavy atom. The van der Waals surface area contributed by atoms with Gasteiger partial charge >= 0.3 is 5.97 Å². The second-order valence-corrected chi connectivity index (χ2v) is 4.38. The van der Waals surface area contributed by atoms with Crippen molar-refractivity contribution in [3.8, 4) is 0 Å². The van der Waals surface area contributed by atoms with E-state index < -0.39 is 5.97 Å². The number of rotatable bonds is 6. The molecule has 0 spiro atoms. The van der Waals surface area contributed by atoms with Crippen LogP contribution in [-0.4, -0.2) is 17.6 Å². The molecule has 88 valence electrons. The summed E-state index contributed by atoms with van der Waals surface area (Å²) in [4.78, 5) is 10.5. The normalized spacial score (nSPS) is 10.4. The fourth-order valence-electron chi connectivity index (χ4n) is 1.42. The van der Waals surface area contributed by atoms with E-state index in [4.69, 9.17) is 5.11 Å². The molecule has 0 aromatic heterocycles. The number of carboxylic acid groups (broad SMARTS) is 1. The van der Waals surface area contributed by atoms with Crippen molar-refractivity contribution in [2.75, 3.05) is 11.9 Å². The first-order valence-electron chi connectivity index (χ1n) is 5.62. The molecule has 0 amide bonds. The highest BCUT2D eigenvalue weighted by Gasteiger charge is 2.00. The Labute approximate surface area is 96.5 Å². The summed E-state index contributed by atoms with van der Waals surface area (Å²) < 4.78 is 0. The number of hydrogen-bond donors (Lipinski definition) is 2. The summed E-state index contributed by atoms with van der Waals surface area (Å²) >= 11 is 0. The molecule has 0 atom stereocenters. The van der Waals surface area contributed by atoms with Crippen LogP contribution in [0.3, 0.4) is 0 Å². The van der Waals surface area contributed by atoms with Gasteiger partial charge in [-0.05, 0) is 30.0 Å². The van der Waals surface area contributed by atoms with Crippen molar-refractivity contribution in [3.63, 3.8) is 0 Å². The van der Waals surface area contributed by atoms with E-state index in [0.29, 0.717) is 5.92 Å². The molecular formula is C13H19NO2. The van der Waals surface area contributed by atoms with E-state index in [9.17, 15) is 4.79 Å². The van der Waals surface area contributed by atoms with Gasteiger partial charge < -0.3 is 10.4 Å². The average Bonchev–Trinajstić information content (AvgIpc) is 2.19. The van der Waals surface area contributed by atoms with Gasteiger partial charge in [0.25, 0.3) is 0 Å². The number of carbonyl (C=O) groups is 1. The number of aliphatic carboxylic acids is 1. The van der Waals surface area contributed by atoms with E-state index in [1.165, 1.54) is 0 Å². The number of anilines is 1. The van der Waals surface area contributed by atoms with Gasteiger partial charge in [0, 0.05) is 12.2 Å². The lowest BCUT2D eigenvalue weighted by molar-refractivity contribution is -0.136. The zero-order chi connectivity index (χ0) is 12.0. The minimum atomic E-state index is -0.791. The van der Waals surface area contributed by atoms with E-state index in [-0.39, 0.29) is 6.42 Å². The zero-order valence-electron chi connectivity index (χ0n) is 9.86. The molecule has 16 heavy (non-hydrogen) atoms. The van der Waals surface area contributed by atoms with Gasteiger partial charge in [0.2, 0.25) is 0 Å². The largest absolute Gasteiger partial charge is 0.481 e. The molecule has 0 saturated carbocycles. The molecule has 0 aliphatic rings. The van der Waals surface area contributed by atoms with Crippen molar-refractivity contribution in [2.45, 2.75) is 26.7 Å². The molecule has 0 fully saturated rings. The second-order valence-electron chi connectivity index (χ2n) is 4.38. The maximum atomic E-state index is 10.5. The maximum Gasteiger partial charge on any atom is 0.307 e. The topological polar surface area (TPSA) is 49.3 Å². The van der Waals surface area contributed by atoms with Crippen molar-refractivity contribution < 1.29 is 9.90 Å². The smallest absolute Gasteiger partial charge is 0.307 e. The molecule has 2 N–H and O–H groups in total. The molecule has 0 aliphatic carbocycles. The van der Waals surface area contributed by atoms with Crippen LogP contribution in [0.1, 0.15) is 25.8 Å². The number of hydrogen-bond acceptors (Lipinski definition) is 2. The molecule has 1 rings (SSSR count). The molecule has 3 heteroatoms. The van der Waals surface area contributed by atoms with Crippen molar-refractivity contribution in [1.82, 2.24) is 0 Å². The standard InChI is InChI=1S/C13H19NO2/c1-10(2)7-8-14-12-5-3-11(4-6-12)9-13(15)16/h3-6,10,14H,7-9H2,1-2H3,(H,15,16). The van der Waals surface area contributed by atoms with Crippen LogP contribution in [0.2, 0.25) is 0 Å². The van der Waals surface area contributed by atoms with E-state index in [1.807, 2.05) is 24.3 Å². The van der Waals surface area contributed by atoms with Gasteiger partial charge in [-0.25, -0.2) is 0 Å². The lowest BCUT2D eigenvalue weighted by atomic mass is 10.1. The predicted octanol–water partition coefficient (Wildman–Crippen LogP) is 2.77. The lowest BCUT2D eigenvalue weighted by Gasteiger charge is -2.08. The lowest BCUT2D eigenvalue weighted by Crippen LogP contribution is -2.05. The third-order valence-electron chi connectivity index (χ3n) is 2.36. The van der Waals surface area contributed by atoms with Crippen LogP contribution < -0.4 is 5.32 Å². The van der Waals surface area contributed by atoms with Crippen LogP contribution in [0.15, 0.2) is 24.3 Å². The molecule has 0 saturated heterocycles. The highest BCUT2D eigenvalue weighted by Crippen LogP contribution is 2.10. The van der Waals surface area contributed by atoms with Crippen molar-refractivity contribution in [2.24, 2.45) is 5.92 Å². The second kappa shape index (κ2) is 6.16. The number of nitrogens with one attached hydrogen (secondary N) is 1. The van der Waals surface area contributed by atoms with E-state index in [2.05, 4.69) is 19.2 Å². The molecule has 3 nitrogen and oxygen atoms in total. The van der Waals surface area contributed by atoms with Crippen LogP contribution in [0.5, 0.6) is 0 Å². The minimum absolute atomic E-state index is 0.0896.